The largest absolute Gasteiger partial charge is 0.379 e. The molecule has 104 valence electrons. The number of fused-ring (bicyclic) bond motifs is 1. The summed E-state index contributed by atoms with van der Waals surface area (Å²) in [6.45, 7) is 1.95. The van der Waals surface area contributed by atoms with Crippen molar-refractivity contribution in [2.75, 3.05) is 0 Å². The standard InChI is InChI=1S/C14H16N4OS/c1-9-2-5-12-16-11(6-13(19)18(12)7-9)8-20-14(15)17-10-3-4-10/h2,5-7,10H,3-4,8H2,1H3,(H2,15,17). The Morgan fingerprint density at radius 3 is 3.10 bits per heavy atom. The van der Waals surface area contributed by atoms with Crippen LogP contribution in [-0.2, 0) is 5.75 Å². The number of aliphatic imine (C=N–C) groups is 1. The lowest BCUT2D eigenvalue weighted by molar-refractivity contribution is 1.00. The molecule has 0 saturated heterocycles. The maximum absolute atomic E-state index is 12.0. The summed E-state index contributed by atoms with van der Waals surface area (Å²) in [6.07, 6.45) is 4.07. The van der Waals surface area contributed by atoms with E-state index in [1.165, 1.54) is 11.8 Å². The van der Waals surface area contributed by atoms with Gasteiger partial charge in [0.1, 0.15) is 5.65 Å². The molecule has 0 atom stereocenters. The van der Waals surface area contributed by atoms with Gasteiger partial charge in [0, 0.05) is 18.0 Å². The summed E-state index contributed by atoms with van der Waals surface area (Å²) in [7, 11) is 0. The van der Waals surface area contributed by atoms with Gasteiger partial charge in [-0.15, -0.1) is 0 Å². The smallest absolute Gasteiger partial charge is 0.258 e. The summed E-state index contributed by atoms with van der Waals surface area (Å²) in [4.78, 5) is 20.9. The van der Waals surface area contributed by atoms with E-state index >= 15 is 0 Å². The Balaban J connectivity index is 1.81. The lowest BCUT2D eigenvalue weighted by Crippen LogP contribution is -2.16. The van der Waals surface area contributed by atoms with Crippen molar-refractivity contribution in [1.29, 1.82) is 0 Å². The zero-order valence-corrected chi connectivity index (χ0v) is 12.1. The molecular formula is C14H16N4OS. The van der Waals surface area contributed by atoms with Crippen LogP contribution in [0.5, 0.6) is 0 Å². The van der Waals surface area contributed by atoms with Crippen LogP contribution in [0.25, 0.3) is 5.65 Å². The van der Waals surface area contributed by atoms with Crippen molar-refractivity contribution in [3.63, 3.8) is 0 Å². The quantitative estimate of drug-likeness (QED) is 0.689. The summed E-state index contributed by atoms with van der Waals surface area (Å²) >= 11 is 1.44. The van der Waals surface area contributed by atoms with Gasteiger partial charge < -0.3 is 5.73 Å². The number of nitrogens with zero attached hydrogens (tertiary/aromatic N) is 3. The van der Waals surface area contributed by atoms with Crippen molar-refractivity contribution < 1.29 is 0 Å². The zero-order chi connectivity index (χ0) is 14.1. The Hall–Kier alpha value is -1.82. The second-order valence-corrected chi connectivity index (χ2v) is 6.00. The first-order chi connectivity index (χ1) is 9.61. The molecule has 2 heterocycles. The van der Waals surface area contributed by atoms with Gasteiger partial charge in [-0.2, -0.15) is 0 Å². The van der Waals surface area contributed by atoms with E-state index in [1.54, 1.807) is 16.7 Å². The van der Waals surface area contributed by atoms with Gasteiger partial charge in [-0.05, 0) is 31.4 Å². The van der Waals surface area contributed by atoms with Gasteiger partial charge in [-0.1, -0.05) is 17.8 Å². The molecule has 1 aliphatic carbocycles. The fraction of sp³-hybridized carbons (Fsp3) is 0.357. The topological polar surface area (TPSA) is 72.8 Å². The predicted octanol–water partition coefficient (Wildman–Crippen LogP) is 1.71. The molecule has 0 amide bonds. The third kappa shape index (κ3) is 3.01. The van der Waals surface area contributed by atoms with Crippen LogP contribution in [0.2, 0.25) is 0 Å². The molecule has 6 heteroatoms. The van der Waals surface area contributed by atoms with Crippen molar-refractivity contribution in [3.8, 4) is 0 Å². The Kier molecular flexibility index (Phi) is 3.48. The number of pyridine rings is 1. The van der Waals surface area contributed by atoms with E-state index in [4.69, 9.17) is 5.73 Å². The average Bonchev–Trinajstić information content (AvgIpc) is 3.21. The Morgan fingerprint density at radius 1 is 1.55 bits per heavy atom. The van der Waals surface area contributed by atoms with Crippen LogP contribution in [0.3, 0.4) is 0 Å². The summed E-state index contributed by atoms with van der Waals surface area (Å²) < 4.78 is 1.56. The predicted molar refractivity (Wildman–Crippen MR) is 82.1 cm³/mol. The number of hydrogen-bond donors (Lipinski definition) is 1. The zero-order valence-electron chi connectivity index (χ0n) is 11.2. The first-order valence-corrected chi connectivity index (χ1v) is 7.55. The number of thioether (sulfide) groups is 1. The molecule has 1 fully saturated rings. The number of rotatable bonds is 3. The fourth-order valence-corrected chi connectivity index (χ4v) is 2.57. The third-order valence-corrected chi connectivity index (χ3v) is 3.93. The molecule has 0 unspecified atom stereocenters. The lowest BCUT2D eigenvalue weighted by Gasteiger charge is -2.05. The number of hydrogen-bond acceptors (Lipinski definition) is 4. The first-order valence-electron chi connectivity index (χ1n) is 6.57. The van der Waals surface area contributed by atoms with Gasteiger partial charge in [-0.3, -0.25) is 14.2 Å². The minimum atomic E-state index is -0.0630. The maximum Gasteiger partial charge on any atom is 0.258 e. The summed E-state index contributed by atoms with van der Waals surface area (Å²) in [5.74, 6) is 0.571. The molecule has 0 aliphatic heterocycles. The SMILES string of the molecule is Cc1ccc2nc(CSC(N)=NC3CC3)cc(=O)n2c1. The average molecular weight is 288 g/mol. The molecule has 0 aromatic carbocycles. The highest BCUT2D eigenvalue weighted by Crippen LogP contribution is 2.24. The highest BCUT2D eigenvalue weighted by molar-refractivity contribution is 8.13. The molecule has 0 bridgehead atoms. The molecule has 0 spiro atoms. The van der Waals surface area contributed by atoms with Crippen molar-refractivity contribution in [1.82, 2.24) is 9.38 Å². The molecule has 1 saturated carbocycles. The van der Waals surface area contributed by atoms with Crippen LogP contribution >= 0.6 is 11.8 Å². The monoisotopic (exact) mass is 288 g/mol. The molecule has 1 aliphatic rings. The number of amidine groups is 1. The van der Waals surface area contributed by atoms with Crippen LogP contribution in [0.1, 0.15) is 24.1 Å². The van der Waals surface area contributed by atoms with Gasteiger partial charge >= 0.3 is 0 Å². The van der Waals surface area contributed by atoms with Gasteiger partial charge in [0.2, 0.25) is 0 Å². The number of nitrogens with two attached hydrogens (primary N) is 1. The maximum atomic E-state index is 12.0. The second kappa shape index (κ2) is 5.28. The van der Waals surface area contributed by atoms with Gasteiger partial charge in [0.05, 0.1) is 11.7 Å². The van der Waals surface area contributed by atoms with Crippen molar-refractivity contribution in [2.24, 2.45) is 10.7 Å². The number of aryl methyl sites for hydroxylation is 1. The van der Waals surface area contributed by atoms with E-state index in [-0.39, 0.29) is 5.56 Å². The summed E-state index contributed by atoms with van der Waals surface area (Å²) in [5, 5.41) is 0.582. The van der Waals surface area contributed by atoms with Gasteiger partial charge in [0.15, 0.2) is 5.17 Å². The molecule has 20 heavy (non-hydrogen) atoms. The van der Waals surface area contributed by atoms with E-state index < -0.39 is 0 Å². The minimum Gasteiger partial charge on any atom is -0.379 e. The van der Waals surface area contributed by atoms with E-state index in [1.807, 2.05) is 19.1 Å². The van der Waals surface area contributed by atoms with Crippen molar-refractivity contribution in [3.05, 3.63) is 46.0 Å². The minimum absolute atomic E-state index is 0.0630. The van der Waals surface area contributed by atoms with E-state index in [0.29, 0.717) is 22.6 Å². The van der Waals surface area contributed by atoms with Crippen LogP contribution in [0.4, 0.5) is 0 Å². The second-order valence-electron chi connectivity index (χ2n) is 5.01. The lowest BCUT2D eigenvalue weighted by atomic mass is 10.3. The van der Waals surface area contributed by atoms with Crippen LogP contribution < -0.4 is 11.3 Å². The fourth-order valence-electron chi connectivity index (χ4n) is 1.90. The normalized spacial score (nSPS) is 15.8. The molecular weight excluding hydrogens is 272 g/mol. The van der Waals surface area contributed by atoms with E-state index in [9.17, 15) is 4.79 Å². The summed E-state index contributed by atoms with van der Waals surface area (Å²) in [5.41, 5.74) is 8.20. The molecule has 2 aromatic rings. The highest BCUT2D eigenvalue weighted by Gasteiger charge is 2.20. The molecule has 2 aromatic heterocycles. The third-order valence-electron chi connectivity index (χ3n) is 3.09. The van der Waals surface area contributed by atoms with Crippen LogP contribution in [-0.4, -0.2) is 20.6 Å². The van der Waals surface area contributed by atoms with Gasteiger partial charge in [0.25, 0.3) is 5.56 Å². The van der Waals surface area contributed by atoms with Crippen LogP contribution in [0.15, 0.2) is 34.2 Å². The first kappa shape index (κ1) is 13.2. The summed E-state index contributed by atoms with van der Waals surface area (Å²) in [6, 6.07) is 5.78. The van der Waals surface area contributed by atoms with Crippen molar-refractivity contribution >= 4 is 22.6 Å². The number of aromatic nitrogens is 2. The van der Waals surface area contributed by atoms with E-state index in [0.717, 1.165) is 24.1 Å². The highest BCUT2D eigenvalue weighted by atomic mass is 32.2. The molecule has 0 radical (unpaired) electrons. The van der Waals surface area contributed by atoms with Gasteiger partial charge in [-0.25, -0.2) is 4.98 Å². The van der Waals surface area contributed by atoms with E-state index in [2.05, 4.69) is 9.98 Å². The molecule has 2 N–H and O–H groups in total. The molecule has 3 rings (SSSR count). The van der Waals surface area contributed by atoms with Crippen molar-refractivity contribution in [2.45, 2.75) is 31.6 Å². The molecule has 5 nitrogen and oxygen atoms in total. The Morgan fingerprint density at radius 2 is 2.35 bits per heavy atom. The Bertz CT molecular complexity index is 734. The Labute approximate surface area is 120 Å². The van der Waals surface area contributed by atoms with Crippen LogP contribution in [0, 0.1) is 6.92 Å².